The predicted octanol–water partition coefficient (Wildman–Crippen LogP) is 2.02. The zero-order valence-corrected chi connectivity index (χ0v) is 14.5. The van der Waals surface area contributed by atoms with Crippen LogP contribution in [0.3, 0.4) is 0 Å². The first-order valence-electron chi connectivity index (χ1n) is 7.46. The average Bonchev–Trinajstić information content (AvgIpc) is 3.08. The van der Waals surface area contributed by atoms with E-state index >= 15 is 0 Å². The molecule has 24 heavy (non-hydrogen) atoms. The molecule has 9 nitrogen and oxygen atoms in total. The maximum absolute atomic E-state index is 12.3. The lowest BCUT2D eigenvalue weighted by Gasteiger charge is -2.18. The van der Waals surface area contributed by atoms with Gasteiger partial charge in [0.1, 0.15) is 11.9 Å². The molecule has 0 N–H and O–H groups in total. The van der Waals surface area contributed by atoms with E-state index in [9.17, 15) is 14.9 Å². The summed E-state index contributed by atoms with van der Waals surface area (Å²) < 4.78 is 3.21. The van der Waals surface area contributed by atoms with Crippen molar-refractivity contribution in [3.63, 3.8) is 0 Å². The lowest BCUT2D eigenvalue weighted by molar-refractivity contribution is -0.385. The summed E-state index contributed by atoms with van der Waals surface area (Å²) in [5.41, 5.74) is 1.16. The standard InChI is InChI=1S/C14H19ClN6O3/c1-4-19-13(11(15)7-16-19)9-18(3)14(22)5-6-20-10(2)12(8-17-20)21(23)24/h7-8H,4-6,9H2,1-3H3. The van der Waals surface area contributed by atoms with Crippen molar-refractivity contribution in [2.45, 2.75) is 39.9 Å². The number of amides is 1. The number of hydrogen-bond donors (Lipinski definition) is 0. The fourth-order valence-electron chi connectivity index (χ4n) is 2.36. The lowest BCUT2D eigenvalue weighted by atomic mass is 10.3. The van der Waals surface area contributed by atoms with Crippen LogP contribution in [0.4, 0.5) is 5.69 Å². The molecule has 0 aromatic carbocycles. The minimum absolute atomic E-state index is 0.0468. The quantitative estimate of drug-likeness (QED) is 0.559. The van der Waals surface area contributed by atoms with Gasteiger partial charge in [0.15, 0.2) is 0 Å². The first-order chi connectivity index (χ1) is 11.3. The zero-order valence-electron chi connectivity index (χ0n) is 13.8. The highest BCUT2D eigenvalue weighted by atomic mass is 35.5. The summed E-state index contributed by atoms with van der Waals surface area (Å²) in [4.78, 5) is 24.2. The monoisotopic (exact) mass is 354 g/mol. The molecule has 0 bridgehead atoms. The van der Waals surface area contributed by atoms with E-state index in [-0.39, 0.29) is 24.6 Å². The third-order valence-corrected chi connectivity index (χ3v) is 4.14. The highest BCUT2D eigenvalue weighted by Gasteiger charge is 2.18. The maximum atomic E-state index is 12.3. The molecule has 0 saturated carbocycles. The number of aromatic nitrogens is 4. The number of carbonyl (C=O) groups is 1. The number of halogens is 1. The van der Waals surface area contributed by atoms with Crippen LogP contribution in [-0.4, -0.2) is 42.3 Å². The van der Waals surface area contributed by atoms with Gasteiger partial charge in [-0.25, -0.2) is 0 Å². The molecule has 10 heteroatoms. The van der Waals surface area contributed by atoms with Gasteiger partial charge in [-0.2, -0.15) is 10.2 Å². The molecule has 1 amide bonds. The van der Waals surface area contributed by atoms with E-state index in [1.807, 2.05) is 6.92 Å². The SMILES string of the molecule is CCn1ncc(Cl)c1CN(C)C(=O)CCn1ncc([N+](=O)[O-])c1C. The Bertz CT molecular complexity index is 754. The van der Waals surface area contributed by atoms with Crippen molar-refractivity contribution in [2.75, 3.05) is 7.05 Å². The second kappa shape index (κ2) is 7.43. The number of carbonyl (C=O) groups excluding carboxylic acids is 1. The summed E-state index contributed by atoms with van der Waals surface area (Å²) in [6.07, 6.45) is 2.95. The molecule has 130 valence electrons. The van der Waals surface area contributed by atoms with Crippen LogP contribution in [0.2, 0.25) is 5.02 Å². The molecule has 0 aliphatic carbocycles. The zero-order chi connectivity index (χ0) is 17.9. The number of rotatable bonds is 7. The largest absolute Gasteiger partial charge is 0.340 e. The summed E-state index contributed by atoms with van der Waals surface area (Å²) in [6, 6.07) is 0. The molecule has 0 atom stereocenters. The van der Waals surface area contributed by atoms with E-state index < -0.39 is 4.92 Å². The number of aryl methyl sites for hydroxylation is 2. The summed E-state index contributed by atoms with van der Waals surface area (Å²) in [7, 11) is 1.68. The van der Waals surface area contributed by atoms with Crippen molar-refractivity contribution in [1.82, 2.24) is 24.5 Å². The Labute approximate surface area is 144 Å². The van der Waals surface area contributed by atoms with Gasteiger partial charge in [0, 0.05) is 20.0 Å². The molecular formula is C14H19ClN6O3. The summed E-state index contributed by atoms with van der Waals surface area (Å²) >= 11 is 6.10. The van der Waals surface area contributed by atoms with E-state index in [2.05, 4.69) is 10.2 Å². The smallest absolute Gasteiger partial charge is 0.309 e. The van der Waals surface area contributed by atoms with Gasteiger partial charge in [0.2, 0.25) is 5.91 Å². The molecule has 2 rings (SSSR count). The molecule has 0 radical (unpaired) electrons. The topological polar surface area (TPSA) is 99.1 Å². The fourth-order valence-corrected chi connectivity index (χ4v) is 2.57. The predicted molar refractivity (Wildman–Crippen MR) is 87.6 cm³/mol. The second-order valence-electron chi connectivity index (χ2n) is 5.35. The van der Waals surface area contributed by atoms with E-state index in [0.29, 0.717) is 23.8 Å². The van der Waals surface area contributed by atoms with E-state index in [0.717, 1.165) is 5.69 Å². The Morgan fingerprint density at radius 3 is 2.62 bits per heavy atom. The van der Waals surface area contributed by atoms with Gasteiger partial charge in [0.25, 0.3) is 0 Å². The van der Waals surface area contributed by atoms with E-state index in [1.165, 1.54) is 10.9 Å². The maximum Gasteiger partial charge on any atom is 0.309 e. The van der Waals surface area contributed by atoms with Crippen molar-refractivity contribution in [1.29, 1.82) is 0 Å². The molecule has 0 aliphatic rings. The minimum Gasteiger partial charge on any atom is -0.340 e. The van der Waals surface area contributed by atoms with Gasteiger partial charge < -0.3 is 4.90 Å². The van der Waals surface area contributed by atoms with E-state index in [4.69, 9.17) is 11.6 Å². The van der Waals surface area contributed by atoms with Crippen molar-refractivity contribution >= 4 is 23.2 Å². The molecule has 0 fully saturated rings. The van der Waals surface area contributed by atoms with Gasteiger partial charge >= 0.3 is 5.69 Å². The van der Waals surface area contributed by atoms with Gasteiger partial charge in [0.05, 0.1) is 34.9 Å². The number of nitro groups is 1. The first kappa shape index (κ1) is 17.9. The molecule has 0 spiro atoms. The Morgan fingerprint density at radius 1 is 1.38 bits per heavy atom. The normalized spacial score (nSPS) is 10.8. The van der Waals surface area contributed by atoms with Crippen molar-refractivity contribution in [3.8, 4) is 0 Å². The van der Waals surface area contributed by atoms with Gasteiger partial charge in [-0.3, -0.25) is 24.3 Å². The van der Waals surface area contributed by atoms with Gasteiger partial charge in [-0.05, 0) is 13.8 Å². The molecular weight excluding hydrogens is 336 g/mol. The fraction of sp³-hybridized carbons (Fsp3) is 0.500. The third-order valence-electron chi connectivity index (χ3n) is 3.82. The molecule has 0 unspecified atom stereocenters. The molecule has 2 aromatic rings. The molecule has 0 saturated heterocycles. The van der Waals surface area contributed by atoms with Gasteiger partial charge in [-0.1, -0.05) is 11.6 Å². The summed E-state index contributed by atoms with van der Waals surface area (Å²) in [6.45, 7) is 4.86. The van der Waals surface area contributed by atoms with Crippen LogP contribution in [0.5, 0.6) is 0 Å². The average molecular weight is 355 g/mol. The van der Waals surface area contributed by atoms with Crippen LogP contribution in [0, 0.1) is 17.0 Å². The minimum atomic E-state index is -0.485. The summed E-state index contributed by atoms with van der Waals surface area (Å²) in [5.74, 6) is -0.104. The number of hydrogen-bond acceptors (Lipinski definition) is 5. The molecule has 2 heterocycles. The molecule has 0 aliphatic heterocycles. The number of nitrogens with zero attached hydrogens (tertiary/aromatic N) is 6. The highest BCUT2D eigenvalue weighted by molar-refractivity contribution is 6.31. The second-order valence-corrected chi connectivity index (χ2v) is 5.76. The van der Waals surface area contributed by atoms with Crippen LogP contribution in [-0.2, 0) is 24.4 Å². The Kier molecular flexibility index (Phi) is 5.55. The first-order valence-corrected chi connectivity index (χ1v) is 7.83. The molecule has 2 aromatic heterocycles. The van der Waals surface area contributed by atoms with Crippen LogP contribution < -0.4 is 0 Å². The van der Waals surface area contributed by atoms with Crippen molar-refractivity contribution in [2.24, 2.45) is 0 Å². The Balaban J connectivity index is 1.97. The van der Waals surface area contributed by atoms with Crippen molar-refractivity contribution < 1.29 is 9.72 Å². The third kappa shape index (κ3) is 3.73. The van der Waals surface area contributed by atoms with Crippen LogP contribution in [0.25, 0.3) is 0 Å². The lowest BCUT2D eigenvalue weighted by Crippen LogP contribution is -2.28. The van der Waals surface area contributed by atoms with Crippen molar-refractivity contribution in [3.05, 3.63) is 38.9 Å². The van der Waals surface area contributed by atoms with E-state index in [1.54, 1.807) is 29.7 Å². The summed E-state index contributed by atoms with van der Waals surface area (Å²) in [5, 5.41) is 19.4. The highest BCUT2D eigenvalue weighted by Crippen LogP contribution is 2.18. The Hall–Kier alpha value is -2.42. The van der Waals surface area contributed by atoms with Gasteiger partial charge in [-0.15, -0.1) is 0 Å². The van der Waals surface area contributed by atoms with Crippen LogP contribution in [0.15, 0.2) is 12.4 Å². The van der Waals surface area contributed by atoms with Crippen LogP contribution >= 0.6 is 11.6 Å². The Morgan fingerprint density at radius 2 is 2.04 bits per heavy atom. The van der Waals surface area contributed by atoms with Crippen LogP contribution in [0.1, 0.15) is 24.7 Å².